The summed E-state index contributed by atoms with van der Waals surface area (Å²) >= 11 is 1.29. The van der Waals surface area contributed by atoms with Crippen LogP contribution in [0.1, 0.15) is 24.8 Å². The van der Waals surface area contributed by atoms with Crippen LogP contribution in [0.2, 0.25) is 0 Å². The lowest BCUT2D eigenvalue weighted by molar-refractivity contribution is -0.142. The number of fused-ring (bicyclic) bond motifs is 1. The summed E-state index contributed by atoms with van der Waals surface area (Å²) < 4.78 is 0. The van der Waals surface area contributed by atoms with Crippen molar-refractivity contribution in [1.82, 2.24) is 15.1 Å². The molecule has 2 aliphatic rings. The maximum atomic E-state index is 12.3. The van der Waals surface area contributed by atoms with Crippen molar-refractivity contribution in [3.05, 3.63) is 17.2 Å². The number of likely N-dealkylation sites (tertiary alicyclic amines) is 1. The van der Waals surface area contributed by atoms with Crippen molar-refractivity contribution in [1.29, 1.82) is 0 Å². The molecular weight excluding hydrogens is 304 g/mol. The molecule has 0 radical (unpaired) electrons. The normalized spacial score (nSPS) is 23.8. The van der Waals surface area contributed by atoms with Crippen molar-refractivity contribution in [2.24, 2.45) is 11.8 Å². The van der Waals surface area contributed by atoms with E-state index in [0.717, 1.165) is 16.3 Å². The second-order valence-electron chi connectivity index (χ2n) is 5.32. The molecule has 0 unspecified atom stereocenters. The van der Waals surface area contributed by atoms with Gasteiger partial charge in [-0.3, -0.25) is 24.6 Å². The Bertz CT molecular complexity index is 628. The molecule has 8 heteroatoms. The number of nitrogens with zero attached hydrogens (tertiary/aromatic N) is 3. The highest BCUT2D eigenvalue weighted by atomic mass is 32.1. The van der Waals surface area contributed by atoms with Gasteiger partial charge in [-0.25, -0.2) is 0 Å². The molecule has 2 heterocycles. The van der Waals surface area contributed by atoms with E-state index in [9.17, 15) is 14.4 Å². The fourth-order valence-electron chi connectivity index (χ4n) is 2.77. The molecule has 2 atom stereocenters. The first-order chi connectivity index (χ1) is 10.6. The molecule has 3 rings (SSSR count). The first-order valence-electron chi connectivity index (χ1n) is 7.22. The van der Waals surface area contributed by atoms with E-state index < -0.39 is 5.91 Å². The van der Waals surface area contributed by atoms with E-state index in [1.165, 1.54) is 11.3 Å². The number of allylic oxidation sites excluding steroid dienone is 2. The number of nitrogens with one attached hydrogen (secondary N) is 1. The summed E-state index contributed by atoms with van der Waals surface area (Å²) in [4.78, 5) is 37.6. The molecule has 1 aliphatic carbocycles. The van der Waals surface area contributed by atoms with Crippen molar-refractivity contribution in [2.75, 3.05) is 11.9 Å². The van der Waals surface area contributed by atoms with Crippen LogP contribution in [0.25, 0.3) is 0 Å². The monoisotopic (exact) mass is 320 g/mol. The quantitative estimate of drug-likeness (QED) is 0.660. The molecule has 1 fully saturated rings. The van der Waals surface area contributed by atoms with Gasteiger partial charge in [0.2, 0.25) is 22.9 Å². The lowest BCUT2D eigenvalue weighted by atomic mass is 9.85. The molecule has 1 aliphatic heterocycles. The largest absolute Gasteiger partial charge is 0.299 e. The number of anilines is 1. The van der Waals surface area contributed by atoms with Crippen molar-refractivity contribution in [2.45, 2.75) is 26.2 Å². The van der Waals surface area contributed by atoms with E-state index in [0.29, 0.717) is 18.0 Å². The molecule has 1 aromatic rings. The summed E-state index contributed by atoms with van der Waals surface area (Å²) in [7, 11) is 0. The Morgan fingerprint density at radius 1 is 1.27 bits per heavy atom. The van der Waals surface area contributed by atoms with Gasteiger partial charge < -0.3 is 0 Å². The number of aryl methyl sites for hydroxylation is 1. The molecule has 3 amide bonds. The van der Waals surface area contributed by atoms with Crippen LogP contribution in [-0.4, -0.2) is 39.4 Å². The average Bonchev–Trinajstić information content (AvgIpc) is 3.06. The topological polar surface area (TPSA) is 92.3 Å². The molecular formula is C14H16N4O3S. The molecule has 1 aromatic heterocycles. The summed E-state index contributed by atoms with van der Waals surface area (Å²) in [6, 6.07) is 0. The van der Waals surface area contributed by atoms with E-state index in [1.54, 1.807) is 0 Å². The third-order valence-corrected chi connectivity index (χ3v) is 4.90. The lowest BCUT2D eigenvalue weighted by Crippen LogP contribution is -2.38. The first-order valence-corrected chi connectivity index (χ1v) is 8.04. The summed E-state index contributed by atoms with van der Waals surface area (Å²) in [5, 5.41) is 11.6. The van der Waals surface area contributed by atoms with Crippen LogP contribution in [0.4, 0.5) is 5.13 Å². The van der Waals surface area contributed by atoms with E-state index in [4.69, 9.17) is 0 Å². The number of aromatic nitrogens is 2. The maximum Gasteiger partial charge on any atom is 0.246 e. The van der Waals surface area contributed by atoms with Crippen LogP contribution in [-0.2, 0) is 20.8 Å². The van der Waals surface area contributed by atoms with Gasteiger partial charge in [0.15, 0.2) is 0 Å². The number of amides is 3. The highest BCUT2D eigenvalue weighted by Crippen LogP contribution is 2.34. The zero-order valence-electron chi connectivity index (χ0n) is 12.1. The number of carbonyl (C=O) groups is 3. The van der Waals surface area contributed by atoms with Gasteiger partial charge in [-0.2, -0.15) is 0 Å². The lowest BCUT2D eigenvalue weighted by Gasteiger charge is -2.14. The molecule has 116 valence electrons. The Morgan fingerprint density at radius 3 is 2.45 bits per heavy atom. The van der Waals surface area contributed by atoms with Crippen LogP contribution in [0.3, 0.4) is 0 Å². The highest BCUT2D eigenvalue weighted by molar-refractivity contribution is 7.15. The predicted molar refractivity (Wildman–Crippen MR) is 80.0 cm³/mol. The SMILES string of the molecule is CCc1nnc(NC(=O)CN2C(=O)[C@H]3CC=CC[C@@H]3C2=O)s1. The molecule has 0 saturated carbocycles. The van der Waals surface area contributed by atoms with Crippen molar-refractivity contribution >= 4 is 34.2 Å². The highest BCUT2D eigenvalue weighted by Gasteiger charge is 2.47. The molecule has 0 bridgehead atoms. The Hall–Kier alpha value is -2.09. The van der Waals surface area contributed by atoms with Gasteiger partial charge in [-0.1, -0.05) is 30.4 Å². The van der Waals surface area contributed by atoms with Gasteiger partial charge in [0.05, 0.1) is 11.8 Å². The Morgan fingerprint density at radius 2 is 1.91 bits per heavy atom. The molecule has 1 saturated heterocycles. The zero-order valence-corrected chi connectivity index (χ0v) is 12.9. The van der Waals surface area contributed by atoms with Crippen LogP contribution >= 0.6 is 11.3 Å². The predicted octanol–water partition coefficient (Wildman–Crippen LogP) is 0.990. The van der Waals surface area contributed by atoms with Gasteiger partial charge in [0.25, 0.3) is 0 Å². The zero-order chi connectivity index (χ0) is 15.7. The van der Waals surface area contributed by atoms with Crippen LogP contribution in [0.5, 0.6) is 0 Å². The molecule has 1 N–H and O–H groups in total. The van der Waals surface area contributed by atoms with E-state index in [2.05, 4.69) is 15.5 Å². The van der Waals surface area contributed by atoms with Crippen molar-refractivity contribution in [3.8, 4) is 0 Å². The number of carbonyl (C=O) groups excluding carboxylic acids is 3. The van der Waals surface area contributed by atoms with E-state index >= 15 is 0 Å². The van der Waals surface area contributed by atoms with Crippen molar-refractivity contribution in [3.63, 3.8) is 0 Å². The summed E-state index contributed by atoms with van der Waals surface area (Å²) in [5.41, 5.74) is 0. The summed E-state index contributed by atoms with van der Waals surface area (Å²) in [6.07, 6.45) is 5.73. The van der Waals surface area contributed by atoms with Gasteiger partial charge >= 0.3 is 0 Å². The van der Waals surface area contributed by atoms with Gasteiger partial charge in [0, 0.05) is 0 Å². The smallest absolute Gasteiger partial charge is 0.246 e. The van der Waals surface area contributed by atoms with Crippen LogP contribution in [0, 0.1) is 11.8 Å². The first kappa shape index (κ1) is 14.8. The summed E-state index contributed by atoms with van der Waals surface area (Å²) in [5.74, 6) is -1.54. The van der Waals surface area contributed by atoms with E-state index in [-0.39, 0.29) is 30.2 Å². The minimum Gasteiger partial charge on any atom is -0.299 e. The molecule has 0 aromatic carbocycles. The standard InChI is InChI=1S/C14H16N4O3S/c1-2-11-16-17-14(22-11)15-10(19)7-18-12(20)8-5-3-4-6-9(8)13(18)21/h3-4,8-9H,2,5-7H2,1H3,(H,15,17,19)/t8-,9-/m0/s1. The summed E-state index contributed by atoms with van der Waals surface area (Å²) in [6.45, 7) is 1.69. The molecule has 7 nitrogen and oxygen atoms in total. The molecule has 22 heavy (non-hydrogen) atoms. The fraction of sp³-hybridized carbons (Fsp3) is 0.500. The minimum atomic E-state index is -0.424. The third kappa shape index (κ3) is 2.66. The second-order valence-corrected chi connectivity index (χ2v) is 6.38. The maximum absolute atomic E-state index is 12.3. The Labute approximate surface area is 131 Å². The van der Waals surface area contributed by atoms with Crippen LogP contribution in [0.15, 0.2) is 12.2 Å². The average molecular weight is 320 g/mol. The number of imide groups is 1. The fourth-order valence-corrected chi connectivity index (χ4v) is 3.47. The van der Waals surface area contributed by atoms with Gasteiger partial charge in [-0.05, 0) is 19.3 Å². The number of hydrogen-bond acceptors (Lipinski definition) is 6. The molecule has 0 spiro atoms. The van der Waals surface area contributed by atoms with E-state index in [1.807, 2.05) is 19.1 Å². The third-order valence-electron chi connectivity index (χ3n) is 3.92. The Kier molecular flexibility index (Phi) is 4.02. The Balaban J connectivity index is 1.64. The second kappa shape index (κ2) is 5.96. The number of hydrogen-bond donors (Lipinski definition) is 1. The van der Waals surface area contributed by atoms with Crippen LogP contribution < -0.4 is 5.32 Å². The van der Waals surface area contributed by atoms with Crippen molar-refractivity contribution < 1.29 is 14.4 Å². The van der Waals surface area contributed by atoms with Gasteiger partial charge in [0.1, 0.15) is 11.6 Å². The van der Waals surface area contributed by atoms with Gasteiger partial charge in [-0.15, -0.1) is 10.2 Å². The number of rotatable bonds is 4. The minimum absolute atomic E-state index is 0.249.